The van der Waals surface area contributed by atoms with E-state index in [9.17, 15) is 18.0 Å². The fraction of sp³-hybridized carbons (Fsp3) is 0.250. The Balaban J connectivity index is 2.65. The zero-order valence-corrected chi connectivity index (χ0v) is 10.6. The van der Waals surface area contributed by atoms with Gasteiger partial charge in [0.25, 0.3) is 0 Å². The molecule has 0 radical (unpaired) electrons. The van der Waals surface area contributed by atoms with Crippen molar-refractivity contribution in [2.45, 2.75) is 13.1 Å². The van der Waals surface area contributed by atoms with Crippen molar-refractivity contribution in [3.05, 3.63) is 35.8 Å². The van der Waals surface area contributed by atoms with Crippen LogP contribution in [0.25, 0.3) is 5.69 Å². The van der Waals surface area contributed by atoms with Gasteiger partial charge in [-0.3, -0.25) is 4.79 Å². The first kappa shape index (κ1) is 14.0. The summed E-state index contributed by atoms with van der Waals surface area (Å²) in [6.07, 6.45) is -2.50. The van der Waals surface area contributed by atoms with Gasteiger partial charge in [-0.25, -0.2) is 9.67 Å². The van der Waals surface area contributed by atoms with E-state index in [1.807, 2.05) is 0 Å². The zero-order chi connectivity index (χ0) is 14.9. The van der Waals surface area contributed by atoms with Crippen LogP contribution in [0, 0.1) is 0 Å². The Kier molecular flexibility index (Phi) is 3.47. The molecule has 0 fully saturated rings. The highest BCUT2D eigenvalue weighted by Gasteiger charge is 2.39. The summed E-state index contributed by atoms with van der Waals surface area (Å²) in [6, 6.07) is 2.64. The molecule has 0 aliphatic rings. The van der Waals surface area contributed by atoms with Gasteiger partial charge in [-0.15, -0.1) is 0 Å². The Bertz CT molecular complexity index is 650. The summed E-state index contributed by atoms with van der Waals surface area (Å²) in [5, 5.41) is 3.64. The predicted octanol–water partition coefficient (Wildman–Crippen LogP) is 2.50. The molecule has 0 aromatic carbocycles. The molecule has 0 saturated heterocycles. The first-order chi connectivity index (χ1) is 9.34. The lowest BCUT2D eigenvalue weighted by atomic mass is 10.1. The fourth-order valence-electron chi connectivity index (χ4n) is 1.72. The first-order valence-electron chi connectivity index (χ1n) is 5.51. The molecule has 0 bridgehead atoms. The maximum absolute atomic E-state index is 13.1. The molecule has 2 rings (SSSR count). The number of ether oxygens (including phenoxy) is 1. The largest absolute Gasteiger partial charge is 0.481 e. The second-order valence-corrected chi connectivity index (χ2v) is 3.93. The molecule has 0 spiro atoms. The van der Waals surface area contributed by atoms with Gasteiger partial charge < -0.3 is 4.74 Å². The third-order valence-corrected chi connectivity index (χ3v) is 2.59. The lowest BCUT2D eigenvalue weighted by molar-refractivity contribution is -0.143. The number of nitrogens with zero attached hydrogens (tertiary/aromatic N) is 3. The van der Waals surface area contributed by atoms with Gasteiger partial charge in [0.2, 0.25) is 5.88 Å². The van der Waals surface area contributed by atoms with Gasteiger partial charge in [0, 0.05) is 12.3 Å². The molecule has 0 saturated carbocycles. The van der Waals surface area contributed by atoms with Crippen molar-refractivity contribution < 1.29 is 22.7 Å². The van der Waals surface area contributed by atoms with Crippen molar-refractivity contribution in [1.29, 1.82) is 0 Å². The quantitative estimate of drug-likeness (QED) is 0.813. The summed E-state index contributed by atoms with van der Waals surface area (Å²) < 4.78 is 44.8. The van der Waals surface area contributed by atoms with Crippen LogP contribution in [-0.2, 0) is 6.18 Å². The molecule has 5 nitrogen and oxygen atoms in total. The number of aromatic nitrogens is 3. The van der Waals surface area contributed by atoms with Crippen LogP contribution in [0.15, 0.2) is 24.5 Å². The first-order valence-corrected chi connectivity index (χ1v) is 5.51. The van der Waals surface area contributed by atoms with Crippen LogP contribution in [0.1, 0.15) is 23.0 Å². The summed E-state index contributed by atoms with van der Waals surface area (Å²) in [7, 11) is 1.35. The average molecular weight is 285 g/mol. The lowest BCUT2D eigenvalue weighted by Crippen LogP contribution is -2.16. The fourth-order valence-corrected chi connectivity index (χ4v) is 1.72. The van der Waals surface area contributed by atoms with Crippen molar-refractivity contribution >= 4 is 5.78 Å². The molecule has 0 N–H and O–H groups in total. The minimum Gasteiger partial charge on any atom is -0.481 e. The van der Waals surface area contributed by atoms with Crippen molar-refractivity contribution in [2.24, 2.45) is 0 Å². The van der Waals surface area contributed by atoms with Gasteiger partial charge in [-0.05, 0) is 13.0 Å². The standard InChI is InChI=1S/C12H10F3N3O2/c1-7(19)9-6-17-18(11(9)12(13,14)15)8-3-4-16-10(5-8)20-2/h3-6H,1-2H3. The second-order valence-electron chi connectivity index (χ2n) is 3.93. The highest BCUT2D eigenvalue weighted by Crippen LogP contribution is 2.34. The molecule has 2 heterocycles. The van der Waals surface area contributed by atoms with Crippen LogP contribution in [0.2, 0.25) is 0 Å². The van der Waals surface area contributed by atoms with E-state index in [0.717, 1.165) is 13.1 Å². The van der Waals surface area contributed by atoms with E-state index in [4.69, 9.17) is 4.74 Å². The number of carbonyl (C=O) groups is 1. The number of rotatable bonds is 3. The van der Waals surface area contributed by atoms with Crippen molar-refractivity contribution in [3.63, 3.8) is 0 Å². The number of halogens is 3. The number of carbonyl (C=O) groups excluding carboxylic acids is 1. The smallest absolute Gasteiger partial charge is 0.434 e. The highest BCUT2D eigenvalue weighted by molar-refractivity contribution is 5.95. The topological polar surface area (TPSA) is 57.0 Å². The Hall–Kier alpha value is -2.38. The van der Waals surface area contributed by atoms with E-state index >= 15 is 0 Å². The predicted molar refractivity (Wildman–Crippen MR) is 62.9 cm³/mol. The molecule has 0 unspecified atom stereocenters. The molecular weight excluding hydrogens is 275 g/mol. The van der Waals surface area contributed by atoms with E-state index in [1.165, 1.54) is 25.4 Å². The average Bonchev–Trinajstić information content (AvgIpc) is 2.83. The Morgan fingerprint density at radius 2 is 2.10 bits per heavy atom. The molecule has 20 heavy (non-hydrogen) atoms. The Morgan fingerprint density at radius 1 is 1.40 bits per heavy atom. The Morgan fingerprint density at radius 3 is 2.65 bits per heavy atom. The maximum Gasteiger partial charge on any atom is 0.434 e. The van der Waals surface area contributed by atoms with Gasteiger partial charge >= 0.3 is 6.18 Å². The summed E-state index contributed by atoms with van der Waals surface area (Å²) >= 11 is 0. The summed E-state index contributed by atoms with van der Waals surface area (Å²) in [5.41, 5.74) is -1.48. The molecule has 8 heteroatoms. The highest BCUT2D eigenvalue weighted by atomic mass is 19.4. The summed E-state index contributed by atoms with van der Waals surface area (Å²) in [5.74, 6) is -0.555. The molecule has 0 atom stereocenters. The van der Waals surface area contributed by atoms with E-state index in [2.05, 4.69) is 10.1 Å². The van der Waals surface area contributed by atoms with Gasteiger partial charge in [0.1, 0.15) is 0 Å². The number of ketones is 1. The molecule has 0 amide bonds. The molecule has 2 aromatic heterocycles. The van der Waals surface area contributed by atoms with E-state index < -0.39 is 23.2 Å². The number of hydrogen-bond acceptors (Lipinski definition) is 4. The monoisotopic (exact) mass is 285 g/mol. The zero-order valence-electron chi connectivity index (χ0n) is 10.6. The summed E-state index contributed by atoms with van der Waals surface area (Å²) in [6.45, 7) is 1.06. The number of hydrogen-bond donors (Lipinski definition) is 0. The van der Waals surface area contributed by atoms with Crippen LogP contribution in [0.4, 0.5) is 13.2 Å². The van der Waals surface area contributed by atoms with Crippen molar-refractivity contribution in [1.82, 2.24) is 14.8 Å². The number of Topliss-reactive ketones (excluding diaryl/α,β-unsaturated/α-hetero) is 1. The minimum atomic E-state index is -4.70. The van der Waals surface area contributed by atoms with Crippen molar-refractivity contribution in [3.8, 4) is 11.6 Å². The third kappa shape index (κ3) is 2.49. The van der Waals surface area contributed by atoms with Crippen molar-refractivity contribution in [2.75, 3.05) is 7.11 Å². The van der Waals surface area contributed by atoms with Gasteiger partial charge in [0.15, 0.2) is 11.5 Å². The van der Waals surface area contributed by atoms with Crippen LogP contribution in [0.3, 0.4) is 0 Å². The van der Waals surface area contributed by atoms with E-state index in [0.29, 0.717) is 4.68 Å². The molecular formula is C12H10F3N3O2. The van der Waals surface area contributed by atoms with Crippen LogP contribution >= 0.6 is 0 Å². The van der Waals surface area contributed by atoms with Crippen LogP contribution < -0.4 is 4.74 Å². The van der Waals surface area contributed by atoms with E-state index in [1.54, 1.807) is 0 Å². The molecule has 0 aliphatic carbocycles. The summed E-state index contributed by atoms with van der Waals surface area (Å²) in [4.78, 5) is 15.1. The maximum atomic E-state index is 13.1. The SMILES string of the molecule is COc1cc(-n2ncc(C(C)=O)c2C(F)(F)F)ccn1. The number of pyridine rings is 1. The van der Waals surface area contributed by atoms with Gasteiger partial charge in [0.05, 0.1) is 24.6 Å². The minimum absolute atomic E-state index is 0.108. The third-order valence-electron chi connectivity index (χ3n) is 2.59. The van der Waals surface area contributed by atoms with Crippen LogP contribution in [-0.4, -0.2) is 27.7 Å². The van der Waals surface area contributed by atoms with Crippen LogP contribution in [0.5, 0.6) is 5.88 Å². The normalized spacial score (nSPS) is 11.4. The molecule has 106 valence electrons. The number of methoxy groups -OCH3 is 1. The van der Waals surface area contributed by atoms with E-state index in [-0.39, 0.29) is 11.6 Å². The second kappa shape index (κ2) is 4.95. The molecule has 2 aromatic rings. The van der Waals surface area contributed by atoms with Gasteiger partial charge in [-0.2, -0.15) is 18.3 Å². The van der Waals surface area contributed by atoms with Gasteiger partial charge in [-0.1, -0.05) is 0 Å². The lowest BCUT2D eigenvalue weighted by Gasteiger charge is -2.12. The Labute approximate surface area is 112 Å². The number of alkyl halides is 3. The molecule has 0 aliphatic heterocycles.